The molecule has 0 spiro atoms. The van der Waals surface area contributed by atoms with Gasteiger partial charge in [-0.05, 0) is 35.6 Å². The van der Waals surface area contributed by atoms with Gasteiger partial charge in [0.05, 0.1) is 18.1 Å². The molecule has 1 aromatic heterocycles. The second-order valence-corrected chi connectivity index (χ2v) is 6.92. The van der Waals surface area contributed by atoms with Crippen molar-refractivity contribution >= 4 is 11.6 Å². The smallest absolute Gasteiger partial charge is 0.227 e. The molecule has 0 aliphatic carbocycles. The van der Waals surface area contributed by atoms with E-state index in [0.717, 1.165) is 30.6 Å². The van der Waals surface area contributed by atoms with E-state index in [2.05, 4.69) is 17.1 Å². The number of halogens is 1. The van der Waals surface area contributed by atoms with Gasteiger partial charge in [-0.1, -0.05) is 30.3 Å². The number of imidazole rings is 1. The largest absolute Gasteiger partial charge is 0.326 e. The molecule has 0 saturated carbocycles. The van der Waals surface area contributed by atoms with Gasteiger partial charge >= 0.3 is 0 Å². The molecule has 3 heterocycles. The van der Waals surface area contributed by atoms with E-state index in [-0.39, 0.29) is 17.8 Å². The van der Waals surface area contributed by atoms with Crippen LogP contribution in [0.4, 0.5) is 10.1 Å². The molecule has 1 unspecified atom stereocenters. The van der Waals surface area contributed by atoms with Crippen LogP contribution in [-0.4, -0.2) is 22.0 Å². The van der Waals surface area contributed by atoms with Crippen molar-refractivity contribution in [1.29, 1.82) is 0 Å². The molecule has 2 aliphatic rings. The number of nitrogens with zero attached hydrogens (tertiary/aromatic N) is 3. The number of carbonyl (C=O) groups is 1. The highest BCUT2D eigenvalue weighted by molar-refractivity contribution is 5.98. The van der Waals surface area contributed by atoms with Crippen LogP contribution in [-0.2, 0) is 17.6 Å². The molecule has 26 heavy (non-hydrogen) atoms. The van der Waals surface area contributed by atoms with Crippen molar-refractivity contribution in [3.63, 3.8) is 0 Å². The van der Waals surface area contributed by atoms with Crippen LogP contribution in [0.3, 0.4) is 0 Å². The van der Waals surface area contributed by atoms with Crippen LogP contribution < -0.4 is 4.90 Å². The molecule has 5 heteroatoms. The van der Waals surface area contributed by atoms with Crippen molar-refractivity contribution in [2.24, 2.45) is 0 Å². The minimum absolute atomic E-state index is 0.212. The van der Waals surface area contributed by atoms with Crippen LogP contribution in [0.5, 0.6) is 0 Å². The van der Waals surface area contributed by atoms with Crippen molar-refractivity contribution < 1.29 is 9.18 Å². The summed E-state index contributed by atoms with van der Waals surface area (Å²) < 4.78 is 16.5. The maximum atomic E-state index is 14.6. The van der Waals surface area contributed by atoms with E-state index in [9.17, 15) is 9.18 Å². The molecule has 2 aromatic carbocycles. The summed E-state index contributed by atoms with van der Waals surface area (Å²) in [5.41, 5.74) is 5.13. The van der Waals surface area contributed by atoms with Crippen molar-refractivity contribution in [3.8, 4) is 0 Å². The molecule has 0 fully saturated rings. The van der Waals surface area contributed by atoms with Crippen molar-refractivity contribution in [3.05, 3.63) is 83.2 Å². The Morgan fingerprint density at radius 2 is 1.88 bits per heavy atom. The van der Waals surface area contributed by atoms with Crippen molar-refractivity contribution in [2.75, 3.05) is 11.4 Å². The molecule has 0 radical (unpaired) electrons. The van der Waals surface area contributed by atoms with Gasteiger partial charge in [-0.3, -0.25) is 4.79 Å². The average molecular weight is 347 g/mol. The van der Waals surface area contributed by atoms with Crippen molar-refractivity contribution in [1.82, 2.24) is 9.55 Å². The summed E-state index contributed by atoms with van der Waals surface area (Å²) in [6, 6.07) is 10.9. The maximum Gasteiger partial charge on any atom is 0.227 e. The number of benzene rings is 2. The van der Waals surface area contributed by atoms with Gasteiger partial charge in [-0.25, -0.2) is 9.37 Å². The summed E-state index contributed by atoms with van der Waals surface area (Å²) in [6.45, 7) is 0.750. The van der Waals surface area contributed by atoms with Gasteiger partial charge in [0.2, 0.25) is 5.91 Å². The van der Waals surface area contributed by atoms with Gasteiger partial charge in [-0.2, -0.15) is 0 Å². The predicted octanol–water partition coefficient (Wildman–Crippen LogP) is 3.50. The fourth-order valence-corrected chi connectivity index (χ4v) is 4.27. The molecule has 0 bridgehead atoms. The second-order valence-electron chi connectivity index (χ2n) is 6.92. The number of rotatable bonds is 3. The first-order valence-corrected chi connectivity index (χ1v) is 8.90. The third-order valence-electron chi connectivity index (χ3n) is 5.41. The van der Waals surface area contributed by atoms with E-state index >= 15 is 0 Å². The Morgan fingerprint density at radius 1 is 1.08 bits per heavy atom. The minimum Gasteiger partial charge on any atom is -0.326 e. The lowest BCUT2D eigenvalue weighted by Gasteiger charge is -2.27. The number of carbonyl (C=O) groups excluding carboxylic acids is 1. The van der Waals surface area contributed by atoms with E-state index in [1.807, 2.05) is 27.8 Å². The highest BCUT2D eigenvalue weighted by atomic mass is 19.1. The lowest BCUT2D eigenvalue weighted by atomic mass is 9.91. The Labute approximate surface area is 150 Å². The third kappa shape index (κ3) is 2.27. The number of amides is 1. The highest BCUT2D eigenvalue weighted by Crippen LogP contribution is 2.40. The van der Waals surface area contributed by atoms with Gasteiger partial charge in [0.15, 0.2) is 0 Å². The Hall–Kier alpha value is -2.95. The quantitative estimate of drug-likeness (QED) is 0.727. The van der Waals surface area contributed by atoms with Crippen LogP contribution in [0, 0.1) is 5.82 Å². The Kier molecular flexibility index (Phi) is 3.42. The zero-order valence-electron chi connectivity index (χ0n) is 14.2. The molecular weight excluding hydrogens is 329 g/mol. The molecule has 3 aromatic rings. The fraction of sp³-hybridized carbons (Fsp3) is 0.238. The van der Waals surface area contributed by atoms with Crippen LogP contribution in [0.25, 0.3) is 0 Å². The van der Waals surface area contributed by atoms with Crippen LogP contribution in [0.2, 0.25) is 0 Å². The first-order chi connectivity index (χ1) is 12.7. The normalized spacial score (nSPS) is 16.7. The standard InChI is InChI=1S/C21H18FN3O/c22-18-4-2-1-3-17(18)21(24-10-8-23-13-24)16-11-14-5-6-19(26)25-9-7-15(12-16)20(14)25/h1-4,8,10-13,21H,5-7,9H2. The molecule has 2 aliphatic heterocycles. The van der Waals surface area contributed by atoms with Gasteiger partial charge in [0.1, 0.15) is 5.82 Å². The number of anilines is 1. The molecule has 130 valence electrons. The van der Waals surface area contributed by atoms with E-state index in [1.54, 1.807) is 18.6 Å². The summed E-state index contributed by atoms with van der Waals surface area (Å²) in [5, 5.41) is 0. The number of aryl methyl sites for hydroxylation is 1. The first-order valence-electron chi connectivity index (χ1n) is 8.90. The Morgan fingerprint density at radius 3 is 2.65 bits per heavy atom. The molecule has 4 nitrogen and oxygen atoms in total. The van der Waals surface area contributed by atoms with Gasteiger partial charge in [-0.15, -0.1) is 0 Å². The predicted molar refractivity (Wildman–Crippen MR) is 96.7 cm³/mol. The van der Waals surface area contributed by atoms with Gasteiger partial charge in [0, 0.05) is 30.9 Å². The maximum absolute atomic E-state index is 14.6. The Balaban J connectivity index is 1.70. The Bertz CT molecular complexity index is 996. The zero-order valence-corrected chi connectivity index (χ0v) is 14.2. The summed E-state index contributed by atoms with van der Waals surface area (Å²) in [6.07, 6.45) is 7.46. The molecule has 1 atom stereocenters. The van der Waals surface area contributed by atoms with E-state index in [4.69, 9.17) is 0 Å². The zero-order chi connectivity index (χ0) is 17.7. The number of hydrogen-bond acceptors (Lipinski definition) is 2. The third-order valence-corrected chi connectivity index (χ3v) is 5.41. The topological polar surface area (TPSA) is 38.1 Å². The van der Waals surface area contributed by atoms with Crippen molar-refractivity contribution in [2.45, 2.75) is 25.3 Å². The van der Waals surface area contributed by atoms with Crippen LogP contribution in [0.15, 0.2) is 55.1 Å². The monoisotopic (exact) mass is 347 g/mol. The van der Waals surface area contributed by atoms with Gasteiger partial charge < -0.3 is 9.47 Å². The summed E-state index contributed by atoms with van der Waals surface area (Å²) >= 11 is 0. The van der Waals surface area contributed by atoms with E-state index in [1.165, 1.54) is 17.2 Å². The molecular formula is C21H18FN3O. The van der Waals surface area contributed by atoms with E-state index < -0.39 is 0 Å². The molecule has 5 rings (SSSR count). The molecule has 0 N–H and O–H groups in total. The highest BCUT2D eigenvalue weighted by Gasteiger charge is 2.32. The minimum atomic E-state index is -0.271. The first kappa shape index (κ1) is 15.3. The average Bonchev–Trinajstić information content (AvgIpc) is 3.31. The van der Waals surface area contributed by atoms with Crippen LogP contribution >= 0.6 is 0 Å². The SMILES string of the molecule is O=C1CCc2cc(C(c3ccccc3F)n3ccnc3)cc3c2N1CC3. The lowest BCUT2D eigenvalue weighted by Crippen LogP contribution is -2.32. The van der Waals surface area contributed by atoms with E-state index in [0.29, 0.717) is 12.0 Å². The molecule has 1 amide bonds. The fourth-order valence-electron chi connectivity index (χ4n) is 4.27. The number of aromatic nitrogens is 2. The summed E-state index contributed by atoms with van der Waals surface area (Å²) in [7, 11) is 0. The molecule has 0 saturated heterocycles. The number of hydrogen-bond donors (Lipinski definition) is 0. The lowest BCUT2D eigenvalue weighted by molar-refractivity contribution is -0.118. The summed E-state index contributed by atoms with van der Waals surface area (Å²) in [5.74, 6) is -0.0126. The van der Waals surface area contributed by atoms with Gasteiger partial charge in [0.25, 0.3) is 0 Å². The summed E-state index contributed by atoms with van der Waals surface area (Å²) in [4.78, 5) is 18.2. The van der Waals surface area contributed by atoms with Crippen LogP contribution in [0.1, 0.15) is 34.7 Å². The second kappa shape index (κ2) is 5.80.